The highest BCUT2D eigenvalue weighted by Crippen LogP contribution is 2.16. The minimum atomic E-state index is -0.159. The van der Waals surface area contributed by atoms with E-state index >= 15 is 0 Å². The Hall–Kier alpha value is -2.75. The van der Waals surface area contributed by atoms with Gasteiger partial charge in [0.05, 0.1) is 7.11 Å². The van der Waals surface area contributed by atoms with Crippen molar-refractivity contribution in [2.24, 2.45) is 0 Å². The van der Waals surface area contributed by atoms with E-state index in [9.17, 15) is 4.79 Å². The molecule has 0 saturated heterocycles. The quantitative estimate of drug-likeness (QED) is 0.860. The van der Waals surface area contributed by atoms with Crippen molar-refractivity contribution in [3.05, 3.63) is 60.2 Å². The van der Waals surface area contributed by atoms with Gasteiger partial charge in [0.1, 0.15) is 5.75 Å². The topological polar surface area (TPSA) is 41.6 Å². The minimum Gasteiger partial charge on any atom is -0.497 e. The van der Waals surface area contributed by atoms with Gasteiger partial charge in [-0.3, -0.25) is 4.79 Å². The third-order valence-corrected chi connectivity index (χ3v) is 3.19. The molecule has 0 aliphatic carbocycles. The van der Waals surface area contributed by atoms with Gasteiger partial charge in [-0.05, 0) is 48.0 Å². The van der Waals surface area contributed by atoms with Gasteiger partial charge in [0.2, 0.25) is 5.91 Å². The summed E-state index contributed by atoms with van der Waals surface area (Å²) in [4.78, 5) is 13.9. The van der Waals surface area contributed by atoms with E-state index in [2.05, 4.69) is 5.32 Å². The number of rotatable bonds is 5. The van der Waals surface area contributed by atoms with Crippen LogP contribution in [0.3, 0.4) is 0 Å². The molecule has 4 heteroatoms. The van der Waals surface area contributed by atoms with Crippen LogP contribution in [0.15, 0.2) is 54.6 Å². The van der Waals surface area contributed by atoms with Crippen LogP contribution in [0.2, 0.25) is 0 Å². The number of nitrogens with zero attached hydrogens (tertiary/aromatic N) is 1. The number of anilines is 2. The summed E-state index contributed by atoms with van der Waals surface area (Å²) >= 11 is 0. The maximum absolute atomic E-state index is 11.9. The number of carbonyl (C=O) groups excluding carboxylic acids is 1. The molecule has 0 spiro atoms. The highest BCUT2D eigenvalue weighted by atomic mass is 16.5. The molecule has 0 aliphatic rings. The summed E-state index contributed by atoms with van der Waals surface area (Å²) in [7, 11) is 5.58. The Morgan fingerprint density at radius 2 is 1.68 bits per heavy atom. The predicted octanol–water partition coefficient (Wildman–Crippen LogP) is 3.41. The monoisotopic (exact) mass is 296 g/mol. The average molecular weight is 296 g/mol. The Labute approximate surface area is 131 Å². The zero-order valence-corrected chi connectivity index (χ0v) is 13.0. The van der Waals surface area contributed by atoms with Gasteiger partial charge >= 0.3 is 0 Å². The SMILES string of the molecule is COc1ccc(C=CC(=O)Nc2ccc(N(C)C)cc2)cc1. The fourth-order valence-corrected chi connectivity index (χ4v) is 1.91. The summed E-state index contributed by atoms with van der Waals surface area (Å²) in [5.41, 5.74) is 2.81. The fourth-order valence-electron chi connectivity index (χ4n) is 1.91. The van der Waals surface area contributed by atoms with Crippen molar-refractivity contribution >= 4 is 23.4 Å². The lowest BCUT2D eigenvalue weighted by atomic mass is 10.2. The molecule has 0 bridgehead atoms. The second kappa shape index (κ2) is 7.31. The van der Waals surface area contributed by atoms with Gasteiger partial charge in [0.15, 0.2) is 0 Å². The summed E-state index contributed by atoms with van der Waals surface area (Å²) in [5, 5.41) is 2.83. The number of hydrogen-bond donors (Lipinski definition) is 1. The molecule has 0 unspecified atom stereocenters. The number of benzene rings is 2. The number of carbonyl (C=O) groups is 1. The summed E-state index contributed by atoms with van der Waals surface area (Å²) in [5.74, 6) is 0.635. The first-order valence-electron chi connectivity index (χ1n) is 6.99. The third-order valence-electron chi connectivity index (χ3n) is 3.19. The minimum absolute atomic E-state index is 0.159. The van der Waals surface area contributed by atoms with Crippen LogP contribution in [0.5, 0.6) is 5.75 Å². The first-order chi connectivity index (χ1) is 10.6. The number of hydrogen-bond acceptors (Lipinski definition) is 3. The molecule has 0 radical (unpaired) electrons. The molecule has 2 rings (SSSR count). The van der Waals surface area contributed by atoms with Crippen LogP contribution in [-0.4, -0.2) is 27.1 Å². The van der Waals surface area contributed by atoms with E-state index in [1.807, 2.05) is 67.5 Å². The maximum Gasteiger partial charge on any atom is 0.248 e. The van der Waals surface area contributed by atoms with E-state index in [1.54, 1.807) is 13.2 Å². The molecule has 0 saturated carbocycles. The average Bonchev–Trinajstić information content (AvgIpc) is 2.54. The number of amides is 1. The highest BCUT2D eigenvalue weighted by molar-refractivity contribution is 6.02. The Morgan fingerprint density at radius 3 is 2.23 bits per heavy atom. The first-order valence-corrected chi connectivity index (χ1v) is 6.99. The van der Waals surface area contributed by atoms with Gasteiger partial charge in [-0.25, -0.2) is 0 Å². The smallest absolute Gasteiger partial charge is 0.248 e. The van der Waals surface area contributed by atoms with Crippen molar-refractivity contribution in [2.75, 3.05) is 31.4 Å². The van der Waals surface area contributed by atoms with E-state index in [1.165, 1.54) is 6.08 Å². The highest BCUT2D eigenvalue weighted by Gasteiger charge is 1.99. The summed E-state index contributed by atoms with van der Waals surface area (Å²) in [6, 6.07) is 15.2. The van der Waals surface area contributed by atoms with E-state index in [0.717, 1.165) is 22.7 Å². The Morgan fingerprint density at radius 1 is 1.05 bits per heavy atom. The molecule has 1 amide bonds. The van der Waals surface area contributed by atoms with Crippen molar-refractivity contribution in [3.8, 4) is 5.75 Å². The Bertz CT molecular complexity index is 644. The predicted molar refractivity (Wildman–Crippen MR) is 91.4 cm³/mol. The van der Waals surface area contributed by atoms with E-state index < -0.39 is 0 Å². The largest absolute Gasteiger partial charge is 0.497 e. The van der Waals surface area contributed by atoms with Gasteiger partial charge in [-0.1, -0.05) is 12.1 Å². The molecule has 0 atom stereocenters. The molecule has 22 heavy (non-hydrogen) atoms. The van der Waals surface area contributed by atoms with Gasteiger partial charge < -0.3 is 15.0 Å². The van der Waals surface area contributed by atoms with Crippen molar-refractivity contribution in [1.29, 1.82) is 0 Å². The molecule has 2 aromatic carbocycles. The molecule has 1 N–H and O–H groups in total. The van der Waals surface area contributed by atoms with Gasteiger partial charge in [-0.2, -0.15) is 0 Å². The molecular weight excluding hydrogens is 276 g/mol. The zero-order chi connectivity index (χ0) is 15.9. The molecule has 0 heterocycles. The van der Waals surface area contributed by atoms with Crippen LogP contribution < -0.4 is 15.0 Å². The lowest BCUT2D eigenvalue weighted by Crippen LogP contribution is -2.10. The maximum atomic E-state index is 11.9. The molecule has 0 fully saturated rings. The Kier molecular flexibility index (Phi) is 5.20. The standard InChI is InChI=1S/C18H20N2O2/c1-20(2)16-9-7-15(8-10-16)19-18(21)13-6-14-4-11-17(22-3)12-5-14/h4-13H,1-3H3,(H,19,21). The van der Waals surface area contributed by atoms with Gasteiger partial charge in [-0.15, -0.1) is 0 Å². The Balaban J connectivity index is 1.95. The molecule has 2 aromatic rings. The van der Waals surface area contributed by atoms with Crippen molar-refractivity contribution < 1.29 is 9.53 Å². The normalized spacial score (nSPS) is 10.5. The van der Waals surface area contributed by atoms with Crippen LogP contribution in [0, 0.1) is 0 Å². The molecule has 0 aliphatic heterocycles. The molecular formula is C18H20N2O2. The lowest BCUT2D eigenvalue weighted by Gasteiger charge is -2.12. The summed E-state index contributed by atoms with van der Waals surface area (Å²) in [6.45, 7) is 0. The van der Waals surface area contributed by atoms with E-state index in [0.29, 0.717) is 0 Å². The van der Waals surface area contributed by atoms with Crippen molar-refractivity contribution in [2.45, 2.75) is 0 Å². The first kappa shape index (κ1) is 15.6. The summed E-state index contributed by atoms with van der Waals surface area (Å²) in [6.07, 6.45) is 3.28. The fraction of sp³-hybridized carbons (Fsp3) is 0.167. The molecule has 114 valence electrons. The molecule has 0 aromatic heterocycles. The van der Waals surface area contributed by atoms with E-state index in [-0.39, 0.29) is 5.91 Å². The van der Waals surface area contributed by atoms with Gasteiger partial charge in [0, 0.05) is 31.5 Å². The van der Waals surface area contributed by atoms with Gasteiger partial charge in [0.25, 0.3) is 0 Å². The number of nitrogens with one attached hydrogen (secondary N) is 1. The van der Waals surface area contributed by atoms with Crippen LogP contribution in [-0.2, 0) is 4.79 Å². The number of methoxy groups -OCH3 is 1. The second-order valence-corrected chi connectivity index (χ2v) is 5.04. The second-order valence-electron chi connectivity index (χ2n) is 5.04. The van der Waals surface area contributed by atoms with Crippen molar-refractivity contribution in [1.82, 2.24) is 0 Å². The van der Waals surface area contributed by atoms with Crippen LogP contribution in [0.1, 0.15) is 5.56 Å². The number of ether oxygens (including phenoxy) is 1. The lowest BCUT2D eigenvalue weighted by molar-refractivity contribution is -0.111. The third kappa shape index (κ3) is 4.38. The summed E-state index contributed by atoms with van der Waals surface area (Å²) < 4.78 is 5.09. The van der Waals surface area contributed by atoms with Crippen molar-refractivity contribution in [3.63, 3.8) is 0 Å². The zero-order valence-electron chi connectivity index (χ0n) is 13.0. The van der Waals surface area contributed by atoms with Crippen LogP contribution in [0.4, 0.5) is 11.4 Å². The van der Waals surface area contributed by atoms with E-state index in [4.69, 9.17) is 4.74 Å². The molecule has 4 nitrogen and oxygen atoms in total. The van der Waals surface area contributed by atoms with Crippen LogP contribution >= 0.6 is 0 Å². The van der Waals surface area contributed by atoms with Crippen LogP contribution in [0.25, 0.3) is 6.08 Å².